The maximum atomic E-state index is 4.76. The van der Waals surface area contributed by atoms with Crippen molar-refractivity contribution in [3.05, 3.63) is 29.7 Å². The molecule has 5 nitrogen and oxygen atoms in total. The number of piperidine rings is 1. The number of aromatic nitrogens is 3. The summed E-state index contributed by atoms with van der Waals surface area (Å²) in [7, 11) is 0. The minimum atomic E-state index is 0.557. The first-order chi connectivity index (χ1) is 10.7. The van der Waals surface area contributed by atoms with E-state index in [0.717, 1.165) is 23.4 Å². The molecule has 1 N–H and O–H groups in total. The van der Waals surface area contributed by atoms with Gasteiger partial charge in [-0.25, -0.2) is 9.97 Å². The number of hydrogen-bond donors (Lipinski definition) is 1. The van der Waals surface area contributed by atoms with E-state index in [4.69, 9.17) is 4.98 Å². The summed E-state index contributed by atoms with van der Waals surface area (Å²) in [5.74, 6) is 2.03. The zero-order chi connectivity index (χ0) is 15.4. The first-order valence-corrected chi connectivity index (χ1v) is 8.79. The average molecular weight is 317 g/mol. The third-order valence-electron chi connectivity index (χ3n) is 3.87. The van der Waals surface area contributed by atoms with Crippen molar-refractivity contribution in [2.24, 2.45) is 5.92 Å². The van der Waals surface area contributed by atoms with Crippen LogP contribution in [0.15, 0.2) is 24.0 Å². The van der Waals surface area contributed by atoms with Crippen LogP contribution in [0.25, 0.3) is 0 Å². The molecule has 2 aromatic heterocycles. The van der Waals surface area contributed by atoms with Gasteiger partial charge < -0.3 is 10.2 Å². The molecular formula is C16H23N5S. The fourth-order valence-electron chi connectivity index (χ4n) is 2.98. The van der Waals surface area contributed by atoms with Crippen molar-refractivity contribution in [3.63, 3.8) is 0 Å². The molecule has 1 aliphatic rings. The average Bonchev–Trinajstić information content (AvgIpc) is 2.96. The summed E-state index contributed by atoms with van der Waals surface area (Å²) in [5.41, 5.74) is 1.21. The van der Waals surface area contributed by atoms with E-state index in [9.17, 15) is 0 Å². The summed E-state index contributed by atoms with van der Waals surface area (Å²) >= 11 is 1.64. The molecule has 1 fully saturated rings. The van der Waals surface area contributed by atoms with Gasteiger partial charge in [0.1, 0.15) is 0 Å². The second-order valence-electron chi connectivity index (χ2n) is 6.29. The van der Waals surface area contributed by atoms with Gasteiger partial charge in [-0.3, -0.25) is 4.98 Å². The van der Waals surface area contributed by atoms with E-state index in [2.05, 4.69) is 39.4 Å². The molecule has 118 valence electrons. The van der Waals surface area contributed by atoms with Gasteiger partial charge in [0, 0.05) is 36.8 Å². The van der Waals surface area contributed by atoms with E-state index >= 15 is 0 Å². The normalized spacial score (nSPS) is 19.5. The Bertz CT molecular complexity index is 583. The van der Waals surface area contributed by atoms with Crippen LogP contribution < -0.4 is 5.32 Å². The third-order valence-corrected chi connectivity index (χ3v) is 4.64. The van der Waals surface area contributed by atoms with Crippen LogP contribution in [0.1, 0.15) is 38.3 Å². The van der Waals surface area contributed by atoms with Crippen molar-refractivity contribution in [3.8, 4) is 0 Å². The molecule has 1 saturated heterocycles. The van der Waals surface area contributed by atoms with Gasteiger partial charge in [-0.05, 0) is 25.3 Å². The van der Waals surface area contributed by atoms with Crippen molar-refractivity contribution >= 4 is 22.3 Å². The van der Waals surface area contributed by atoms with Crippen LogP contribution in [-0.4, -0.2) is 39.5 Å². The number of rotatable bonds is 5. The first-order valence-electron chi connectivity index (χ1n) is 7.91. The molecule has 0 aromatic carbocycles. The molecule has 2 aromatic rings. The van der Waals surface area contributed by atoms with E-state index < -0.39 is 0 Å². The molecule has 3 rings (SSSR count). The van der Waals surface area contributed by atoms with Crippen LogP contribution >= 0.6 is 11.3 Å². The van der Waals surface area contributed by atoms with Crippen LogP contribution in [0.2, 0.25) is 0 Å². The van der Waals surface area contributed by atoms with Gasteiger partial charge in [0.25, 0.3) is 0 Å². The molecule has 0 radical (unpaired) electrons. The first kappa shape index (κ1) is 15.4. The Hall–Kier alpha value is -1.53. The zero-order valence-electron chi connectivity index (χ0n) is 13.2. The quantitative estimate of drug-likeness (QED) is 0.914. The Balaban J connectivity index is 1.63. The summed E-state index contributed by atoms with van der Waals surface area (Å²) in [5, 5.41) is 6.31. The molecule has 1 atom stereocenters. The fourth-order valence-corrected chi connectivity index (χ4v) is 3.78. The van der Waals surface area contributed by atoms with Gasteiger partial charge in [0.05, 0.1) is 11.9 Å². The molecule has 0 bridgehead atoms. The molecule has 0 aliphatic carbocycles. The van der Waals surface area contributed by atoms with Crippen molar-refractivity contribution in [2.45, 2.75) is 32.6 Å². The van der Waals surface area contributed by atoms with Gasteiger partial charge in [0.2, 0.25) is 0 Å². The number of hydrogen-bond acceptors (Lipinski definition) is 6. The highest BCUT2D eigenvalue weighted by Crippen LogP contribution is 2.30. The largest absolute Gasteiger partial charge is 0.315 e. The third kappa shape index (κ3) is 4.01. The predicted molar refractivity (Wildman–Crippen MR) is 90.7 cm³/mol. The lowest BCUT2D eigenvalue weighted by Crippen LogP contribution is -2.36. The molecule has 0 spiro atoms. The highest BCUT2D eigenvalue weighted by atomic mass is 32.1. The van der Waals surface area contributed by atoms with E-state index in [0.29, 0.717) is 5.92 Å². The highest BCUT2D eigenvalue weighted by Gasteiger charge is 2.23. The molecule has 22 heavy (non-hydrogen) atoms. The standard InChI is InChI=1S/C16H23N5S/c1-12(2)9-21-7-3-4-13(10-21)14-11-22-16(19-14)20-15-8-17-5-6-18-15/h5-6,8,11-13H,3-4,7,9-10H2,1-2H3,(H,18,19,20). The molecule has 3 heterocycles. The van der Waals surface area contributed by atoms with Crippen molar-refractivity contribution < 1.29 is 0 Å². The van der Waals surface area contributed by atoms with E-state index in [1.165, 1.54) is 31.6 Å². The van der Waals surface area contributed by atoms with Gasteiger partial charge in [-0.2, -0.15) is 0 Å². The Labute approximate surface area is 135 Å². The molecular weight excluding hydrogens is 294 g/mol. The summed E-state index contributed by atoms with van der Waals surface area (Å²) < 4.78 is 0. The highest BCUT2D eigenvalue weighted by molar-refractivity contribution is 7.13. The lowest BCUT2D eigenvalue weighted by atomic mass is 9.95. The van der Waals surface area contributed by atoms with Crippen LogP contribution in [0, 0.1) is 5.92 Å². The fraction of sp³-hybridized carbons (Fsp3) is 0.562. The maximum Gasteiger partial charge on any atom is 0.188 e. The van der Waals surface area contributed by atoms with Crippen LogP contribution in [0.3, 0.4) is 0 Å². The minimum absolute atomic E-state index is 0.557. The Morgan fingerprint density at radius 1 is 1.41 bits per heavy atom. The minimum Gasteiger partial charge on any atom is -0.315 e. The Morgan fingerprint density at radius 2 is 2.32 bits per heavy atom. The summed E-state index contributed by atoms with van der Waals surface area (Å²) in [6.45, 7) is 8.12. The van der Waals surface area contributed by atoms with Crippen molar-refractivity contribution in [1.82, 2.24) is 19.9 Å². The summed E-state index contributed by atoms with van der Waals surface area (Å²) in [4.78, 5) is 15.6. The number of thiazole rings is 1. The molecule has 1 unspecified atom stereocenters. The molecule has 0 saturated carbocycles. The van der Waals surface area contributed by atoms with Gasteiger partial charge in [-0.15, -0.1) is 11.3 Å². The van der Waals surface area contributed by atoms with E-state index in [1.807, 2.05) is 0 Å². The van der Waals surface area contributed by atoms with Crippen LogP contribution in [0.4, 0.5) is 10.9 Å². The topological polar surface area (TPSA) is 53.9 Å². The molecule has 0 amide bonds. The van der Waals surface area contributed by atoms with Crippen molar-refractivity contribution in [2.75, 3.05) is 25.0 Å². The second kappa shape index (κ2) is 7.15. The van der Waals surface area contributed by atoms with Gasteiger partial charge >= 0.3 is 0 Å². The van der Waals surface area contributed by atoms with Crippen LogP contribution in [-0.2, 0) is 0 Å². The van der Waals surface area contributed by atoms with E-state index in [-0.39, 0.29) is 0 Å². The second-order valence-corrected chi connectivity index (χ2v) is 7.14. The molecule has 6 heteroatoms. The number of anilines is 2. The number of nitrogens with one attached hydrogen (secondary N) is 1. The van der Waals surface area contributed by atoms with Crippen LogP contribution in [0.5, 0.6) is 0 Å². The lowest BCUT2D eigenvalue weighted by Gasteiger charge is -2.33. The maximum absolute atomic E-state index is 4.76. The smallest absolute Gasteiger partial charge is 0.188 e. The number of likely N-dealkylation sites (tertiary alicyclic amines) is 1. The Morgan fingerprint density at radius 3 is 3.09 bits per heavy atom. The molecule has 1 aliphatic heterocycles. The lowest BCUT2D eigenvalue weighted by molar-refractivity contribution is 0.187. The predicted octanol–water partition coefficient (Wildman–Crippen LogP) is 3.51. The Kier molecular flexibility index (Phi) is 5.00. The summed E-state index contributed by atoms with van der Waals surface area (Å²) in [6.07, 6.45) is 7.57. The van der Waals surface area contributed by atoms with Gasteiger partial charge in [-0.1, -0.05) is 13.8 Å². The van der Waals surface area contributed by atoms with Crippen molar-refractivity contribution in [1.29, 1.82) is 0 Å². The monoisotopic (exact) mass is 317 g/mol. The SMILES string of the molecule is CC(C)CN1CCCC(c2csc(Nc3cnccn3)n2)C1. The number of nitrogens with zero attached hydrogens (tertiary/aromatic N) is 4. The van der Waals surface area contributed by atoms with E-state index in [1.54, 1.807) is 29.9 Å². The van der Waals surface area contributed by atoms with Gasteiger partial charge in [0.15, 0.2) is 10.9 Å². The summed E-state index contributed by atoms with van der Waals surface area (Å²) in [6, 6.07) is 0. The zero-order valence-corrected chi connectivity index (χ0v) is 14.0.